The summed E-state index contributed by atoms with van der Waals surface area (Å²) in [5, 5.41) is 27.6. The van der Waals surface area contributed by atoms with E-state index in [1.165, 1.54) is 7.11 Å². The third-order valence-electron chi connectivity index (χ3n) is 2.07. The molecule has 0 saturated carbocycles. The lowest BCUT2D eigenvalue weighted by Crippen LogP contribution is -2.57. The molecule has 12 heavy (non-hydrogen) atoms. The van der Waals surface area contributed by atoms with Gasteiger partial charge >= 0.3 is 0 Å². The van der Waals surface area contributed by atoms with Crippen LogP contribution in [0.4, 0.5) is 0 Å². The highest BCUT2D eigenvalue weighted by atomic mass is 16.6. The fourth-order valence-electron chi connectivity index (χ4n) is 1.35. The molecule has 1 aliphatic rings. The molecule has 72 valence electrons. The van der Waals surface area contributed by atoms with E-state index in [1.54, 1.807) is 6.92 Å². The highest BCUT2D eigenvalue weighted by molar-refractivity contribution is 4.87. The van der Waals surface area contributed by atoms with E-state index in [0.717, 1.165) is 0 Å². The minimum atomic E-state index is -1.33. The van der Waals surface area contributed by atoms with E-state index in [-0.39, 0.29) is 0 Å². The minimum Gasteiger partial charge on any atom is -0.387 e. The molecule has 0 radical (unpaired) electrons. The van der Waals surface area contributed by atoms with Crippen LogP contribution >= 0.6 is 0 Å². The molecule has 0 amide bonds. The van der Waals surface area contributed by atoms with Crippen molar-refractivity contribution in [3.63, 3.8) is 0 Å². The normalized spacial score (nSPS) is 49.2. The molecule has 0 aliphatic carbocycles. The lowest BCUT2D eigenvalue weighted by Gasteiger charge is -2.38. The zero-order chi connectivity index (χ0) is 9.30. The van der Waals surface area contributed by atoms with E-state index in [1.807, 2.05) is 0 Å². The van der Waals surface area contributed by atoms with Crippen molar-refractivity contribution < 1.29 is 24.8 Å². The average molecular weight is 178 g/mol. The summed E-state index contributed by atoms with van der Waals surface area (Å²) in [5.74, 6) is 0. The number of aliphatic hydroxyl groups excluding tert-OH is 3. The van der Waals surface area contributed by atoms with Gasteiger partial charge in [-0.25, -0.2) is 0 Å². The second-order valence-electron chi connectivity index (χ2n) is 2.91. The molecule has 1 fully saturated rings. The zero-order valence-electron chi connectivity index (χ0n) is 7.04. The number of hydrogen-bond donors (Lipinski definition) is 3. The Morgan fingerprint density at radius 2 is 1.75 bits per heavy atom. The Labute approximate surface area is 70.5 Å². The highest BCUT2D eigenvalue weighted by Gasteiger charge is 2.41. The molecule has 0 aromatic heterocycles. The summed E-state index contributed by atoms with van der Waals surface area (Å²) in [4.78, 5) is 0. The SMILES string of the molecule is CO[C@H]1[C@@H](O)[C@H](O)C(O)O[C@H]1C. The van der Waals surface area contributed by atoms with Gasteiger partial charge in [-0.3, -0.25) is 0 Å². The second-order valence-corrected chi connectivity index (χ2v) is 2.91. The molecule has 1 aliphatic heterocycles. The van der Waals surface area contributed by atoms with Crippen molar-refractivity contribution in [2.24, 2.45) is 0 Å². The van der Waals surface area contributed by atoms with E-state index < -0.39 is 30.7 Å². The van der Waals surface area contributed by atoms with Gasteiger partial charge in [0, 0.05) is 7.11 Å². The molecule has 1 heterocycles. The van der Waals surface area contributed by atoms with E-state index in [4.69, 9.17) is 19.7 Å². The molecular weight excluding hydrogens is 164 g/mol. The standard InChI is InChI=1S/C7H14O5/c1-3-6(11-2)4(8)5(9)7(10)12-3/h3-10H,1-2H3/t3-,4-,5-,6+,7?/m0/s1. The summed E-state index contributed by atoms with van der Waals surface area (Å²) >= 11 is 0. The molecule has 1 unspecified atom stereocenters. The molecule has 5 nitrogen and oxygen atoms in total. The predicted octanol–water partition coefficient (Wildman–Crippen LogP) is -1.54. The van der Waals surface area contributed by atoms with Gasteiger partial charge in [0.2, 0.25) is 0 Å². The Balaban J connectivity index is 2.65. The zero-order valence-corrected chi connectivity index (χ0v) is 7.04. The van der Waals surface area contributed by atoms with E-state index >= 15 is 0 Å². The first-order valence-corrected chi connectivity index (χ1v) is 3.80. The van der Waals surface area contributed by atoms with Gasteiger partial charge in [0.15, 0.2) is 6.29 Å². The summed E-state index contributed by atoms with van der Waals surface area (Å²) in [6, 6.07) is 0. The summed E-state index contributed by atoms with van der Waals surface area (Å²) in [5.41, 5.74) is 0. The minimum absolute atomic E-state index is 0.427. The van der Waals surface area contributed by atoms with E-state index in [2.05, 4.69) is 0 Å². The van der Waals surface area contributed by atoms with Gasteiger partial charge in [-0.15, -0.1) is 0 Å². The fraction of sp³-hybridized carbons (Fsp3) is 1.00. The third kappa shape index (κ3) is 1.60. The molecule has 5 atom stereocenters. The van der Waals surface area contributed by atoms with Crippen LogP contribution in [0.25, 0.3) is 0 Å². The summed E-state index contributed by atoms with van der Waals surface area (Å²) in [6.45, 7) is 1.66. The predicted molar refractivity (Wildman–Crippen MR) is 39.4 cm³/mol. The van der Waals surface area contributed by atoms with Crippen LogP contribution in [0, 0.1) is 0 Å². The molecule has 5 heteroatoms. The van der Waals surface area contributed by atoms with Crippen molar-refractivity contribution in [3.05, 3.63) is 0 Å². The Kier molecular flexibility index (Phi) is 3.03. The first-order chi connectivity index (χ1) is 5.57. The topological polar surface area (TPSA) is 79.2 Å². The van der Waals surface area contributed by atoms with Crippen LogP contribution in [0.5, 0.6) is 0 Å². The van der Waals surface area contributed by atoms with Gasteiger partial charge in [0.05, 0.1) is 6.10 Å². The van der Waals surface area contributed by atoms with Crippen LogP contribution in [0.15, 0.2) is 0 Å². The largest absolute Gasteiger partial charge is 0.387 e. The second kappa shape index (κ2) is 3.68. The van der Waals surface area contributed by atoms with Crippen LogP contribution in [0.2, 0.25) is 0 Å². The van der Waals surface area contributed by atoms with Crippen LogP contribution in [0.1, 0.15) is 6.92 Å². The van der Waals surface area contributed by atoms with Gasteiger partial charge in [-0.05, 0) is 6.92 Å². The maximum Gasteiger partial charge on any atom is 0.183 e. The van der Waals surface area contributed by atoms with Crippen LogP contribution in [-0.4, -0.2) is 53.1 Å². The van der Waals surface area contributed by atoms with E-state index in [9.17, 15) is 5.11 Å². The molecule has 0 aromatic rings. The smallest absolute Gasteiger partial charge is 0.183 e. The van der Waals surface area contributed by atoms with Gasteiger partial charge in [-0.2, -0.15) is 0 Å². The van der Waals surface area contributed by atoms with Crippen LogP contribution < -0.4 is 0 Å². The lowest BCUT2D eigenvalue weighted by atomic mass is 10.00. The summed E-state index contributed by atoms with van der Waals surface area (Å²) in [6.07, 6.45) is -4.76. The van der Waals surface area contributed by atoms with Gasteiger partial charge in [-0.1, -0.05) is 0 Å². The Morgan fingerprint density at radius 1 is 1.17 bits per heavy atom. The Hall–Kier alpha value is -0.200. The highest BCUT2D eigenvalue weighted by Crippen LogP contribution is 2.21. The van der Waals surface area contributed by atoms with Crippen molar-refractivity contribution in [2.75, 3.05) is 7.11 Å². The van der Waals surface area contributed by atoms with Crippen molar-refractivity contribution in [2.45, 2.75) is 37.6 Å². The van der Waals surface area contributed by atoms with E-state index in [0.29, 0.717) is 0 Å². The molecule has 1 rings (SSSR count). The first-order valence-electron chi connectivity index (χ1n) is 3.80. The van der Waals surface area contributed by atoms with Gasteiger partial charge in [0.25, 0.3) is 0 Å². The Morgan fingerprint density at radius 3 is 2.25 bits per heavy atom. The Bertz CT molecular complexity index is 151. The first kappa shape index (κ1) is 9.88. The molecule has 1 saturated heterocycles. The van der Waals surface area contributed by atoms with Crippen LogP contribution in [-0.2, 0) is 9.47 Å². The third-order valence-corrected chi connectivity index (χ3v) is 2.07. The number of rotatable bonds is 1. The number of hydrogen-bond acceptors (Lipinski definition) is 5. The number of methoxy groups -OCH3 is 1. The summed E-state index contributed by atoms with van der Waals surface area (Å²) < 4.78 is 9.78. The maximum atomic E-state index is 9.36. The van der Waals surface area contributed by atoms with Crippen molar-refractivity contribution in [1.29, 1.82) is 0 Å². The van der Waals surface area contributed by atoms with Crippen molar-refractivity contribution in [3.8, 4) is 0 Å². The fourth-order valence-corrected chi connectivity index (χ4v) is 1.35. The number of aliphatic hydroxyl groups is 3. The molecule has 0 aromatic carbocycles. The number of ether oxygens (including phenoxy) is 2. The molecular formula is C7H14O5. The quantitative estimate of drug-likeness (QED) is 0.453. The van der Waals surface area contributed by atoms with Gasteiger partial charge < -0.3 is 24.8 Å². The maximum absolute atomic E-state index is 9.36. The average Bonchev–Trinajstić information content (AvgIpc) is 2.01. The van der Waals surface area contributed by atoms with Crippen LogP contribution in [0.3, 0.4) is 0 Å². The van der Waals surface area contributed by atoms with Crippen molar-refractivity contribution >= 4 is 0 Å². The molecule has 0 spiro atoms. The molecule has 3 N–H and O–H groups in total. The molecule has 0 bridgehead atoms. The van der Waals surface area contributed by atoms with Gasteiger partial charge in [0.1, 0.15) is 18.3 Å². The lowest BCUT2D eigenvalue weighted by molar-refractivity contribution is -0.281. The van der Waals surface area contributed by atoms with Crippen molar-refractivity contribution in [1.82, 2.24) is 0 Å². The monoisotopic (exact) mass is 178 g/mol. The summed E-state index contributed by atoms with van der Waals surface area (Å²) in [7, 11) is 1.41.